The number of benzene rings is 1. The Balaban J connectivity index is 1.42. The minimum Gasteiger partial charge on any atom is -0.380 e. The predicted molar refractivity (Wildman–Crippen MR) is 97.1 cm³/mol. The van der Waals surface area contributed by atoms with Crippen LogP contribution in [0.15, 0.2) is 23.1 Å². The molecule has 0 spiro atoms. The van der Waals surface area contributed by atoms with Crippen molar-refractivity contribution in [2.45, 2.75) is 56.0 Å². The highest BCUT2D eigenvalue weighted by atomic mass is 32.2. The summed E-state index contributed by atoms with van der Waals surface area (Å²) in [5, 5.41) is 0. The Hall–Kier alpha value is -1.44. The van der Waals surface area contributed by atoms with Crippen molar-refractivity contribution in [3.8, 4) is 0 Å². The Morgan fingerprint density at radius 3 is 2.81 bits per heavy atom. The molecule has 1 saturated heterocycles. The second-order valence-corrected chi connectivity index (χ2v) is 9.37. The number of rotatable bonds is 6. The molecule has 4 rings (SSSR count). The van der Waals surface area contributed by atoms with E-state index in [0.717, 1.165) is 23.5 Å². The molecule has 1 aromatic carbocycles. The van der Waals surface area contributed by atoms with Gasteiger partial charge in [-0.2, -0.15) is 0 Å². The van der Waals surface area contributed by atoms with E-state index >= 15 is 0 Å². The summed E-state index contributed by atoms with van der Waals surface area (Å²) in [5.41, 5.74) is 2.08. The van der Waals surface area contributed by atoms with E-state index in [-0.39, 0.29) is 11.9 Å². The van der Waals surface area contributed by atoms with E-state index in [1.807, 2.05) is 11.0 Å². The Kier molecular flexibility index (Phi) is 5.03. The number of carbonyl (C=O) groups is 1. The molecule has 1 aliphatic carbocycles. The van der Waals surface area contributed by atoms with Gasteiger partial charge in [0.05, 0.1) is 11.5 Å². The van der Waals surface area contributed by atoms with E-state index < -0.39 is 10.0 Å². The maximum absolute atomic E-state index is 12.6. The van der Waals surface area contributed by atoms with Crippen LogP contribution in [0.5, 0.6) is 0 Å². The molecular weight excluding hydrogens is 352 g/mol. The number of nitrogens with one attached hydrogen (secondary N) is 1. The second-order valence-electron chi connectivity index (χ2n) is 7.66. The third-order valence-corrected chi connectivity index (χ3v) is 7.09. The molecule has 142 valence electrons. The molecule has 1 atom stereocenters. The zero-order valence-electron chi connectivity index (χ0n) is 14.9. The fraction of sp³-hybridized carbons (Fsp3) is 0.632. The third kappa shape index (κ3) is 4.10. The number of amides is 1. The van der Waals surface area contributed by atoms with Gasteiger partial charge in [0.25, 0.3) is 0 Å². The van der Waals surface area contributed by atoms with Crippen molar-refractivity contribution in [3.05, 3.63) is 29.3 Å². The molecule has 2 heterocycles. The van der Waals surface area contributed by atoms with Crippen molar-refractivity contribution in [1.82, 2.24) is 9.62 Å². The Labute approximate surface area is 155 Å². The molecule has 0 unspecified atom stereocenters. The van der Waals surface area contributed by atoms with Crippen molar-refractivity contribution in [2.75, 3.05) is 19.8 Å². The lowest BCUT2D eigenvalue weighted by Crippen LogP contribution is -2.37. The normalized spacial score (nSPS) is 23.1. The standard InChI is InChI=1S/C19H26N2O4S/c22-19(6-3-14-1-2-14)21-9-7-15-11-18(5-4-16(15)12-21)26(23,24)20-17-8-10-25-13-17/h4-5,11,14,17,20H,1-3,6-10,12-13H2/t17-/m0/s1. The van der Waals surface area contributed by atoms with Crippen LogP contribution in [0.2, 0.25) is 0 Å². The maximum Gasteiger partial charge on any atom is 0.240 e. The van der Waals surface area contributed by atoms with Crippen molar-refractivity contribution >= 4 is 15.9 Å². The lowest BCUT2D eigenvalue weighted by molar-refractivity contribution is -0.132. The number of hydrogen-bond donors (Lipinski definition) is 1. The van der Waals surface area contributed by atoms with Gasteiger partial charge in [-0.1, -0.05) is 18.9 Å². The number of nitrogens with zero attached hydrogens (tertiary/aromatic N) is 1. The lowest BCUT2D eigenvalue weighted by atomic mass is 9.99. The first-order valence-electron chi connectivity index (χ1n) is 9.51. The van der Waals surface area contributed by atoms with E-state index in [9.17, 15) is 13.2 Å². The van der Waals surface area contributed by atoms with Crippen LogP contribution in [0.3, 0.4) is 0 Å². The van der Waals surface area contributed by atoms with Gasteiger partial charge in [-0.05, 0) is 48.4 Å². The van der Waals surface area contributed by atoms with Gasteiger partial charge in [0, 0.05) is 32.2 Å². The average molecular weight is 378 g/mol. The van der Waals surface area contributed by atoms with E-state index in [1.54, 1.807) is 12.1 Å². The maximum atomic E-state index is 12.6. The largest absolute Gasteiger partial charge is 0.380 e. The predicted octanol–water partition coefficient (Wildman–Crippen LogP) is 1.83. The minimum atomic E-state index is -3.53. The first kappa shape index (κ1) is 17.9. The molecule has 1 N–H and O–H groups in total. The Morgan fingerprint density at radius 2 is 2.08 bits per heavy atom. The summed E-state index contributed by atoms with van der Waals surface area (Å²) in [6, 6.07) is 5.12. The third-order valence-electron chi connectivity index (χ3n) is 5.57. The molecule has 1 aromatic rings. The number of ether oxygens (including phenoxy) is 1. The van der Waals surface area contributed by atoms with Crippen LogP contribution in [0, 0.1) is 5.92 Å². The van der Waals surface area contributed by atoms with Crippen molar-refractivity contribution in [3.63, 3.8) is 0 Å². The van der Waals surface area contributed by atoms with E-state index in [1.165, 1.54) is 12.8 Å². The second kappa shape index (κ2) is 7.29. The van der Waals surface area contributed by atoms with Gasteiger partial charge in [0.15, 0.2) is 0 Å². The summed E-state index contributed by atoms with van der Waals surface area (Å²) in [6.07, 6.45) is 5.61. The fourth-order valence-corrected chi connectivity index (χ4v) is 5.02. The molecule has 6 nitrogen and oxygen atoms in total. The summed E-state index contributed by atoms with van der Waals surface area (Å²) in [6.45, 7) is 2.29. The molecule has 7 heteroatoms. The molecular formula is C19H26N2O4S. The number of fused-ring (bicyclic) bond motifs is 1. The highest BCUT2D eigenvalue weighted by Gasteiger charge is 2.27. The quantitative estimate of drug-likeness (QED) is 0.819. The zero-order valence-corrected chi connectivity index (χ0v) is 15.8. The van der Waals surface area contributed by atoms with Crippen LogP contribution in [0.4, 0.5) is 0 Å². The molecule has 2 aliphatic heterocycles. The van der Waals surface area contributed by atoms with Crippen LogP contribution in [0.1, 0.15) is 43.2 Å². The molecule has 3 aliphatic rings. The van der Waals surface area contributed by atoms with Crippen LogP contribution in [-0.4, -0.2) is 45.0 Å². The van der Waals surface area contributed by atoms with Crippen molar-refractivity contribution in [2.24, 2.45) is 5.92 Å². The topological polar surface area (TPSA) is 75.7 Å². The lowest BCUT2D eigenvalue weighted by Gasteiger charge is -2.29. The zero-order chi connectivity index (χ0) is 18.1. The molecule has 1 saturated carbocycles. The first-order chi connectivity index (χ1) is 12.5. The minimum absolute atomic E-state index is 0.143. The van der Waals surface area contributed by atoms with Crippen molar-refractivity contribution < 1.29 is 17.9 Å². The van der Waals surface area contributed by atoms with E-state index in [0.29, 0.717) is 50.5 Å². The number of carbonyl (C=O) groups excluding carboxylic acids is 1. The van der Waals surface area contributed by atoms with Gasteiger partial charge in [-0.3, -0.25) is 4.79 Å². The summed E-state index contributed by atoms with van der Waals surface area (Å²) in [5.74, 6) is 0.990. The van der Waals surface area contributed by atoms with E-state index in [4.69, 9.17) is 4.74 Å². The fourth-order valence-electron chi connectivity index (χ4n) is 3.72. The van der Waals surface area contributed by atoms with Gasteiger partial charge in [0.1, 0.15) is 0 Å². The van der Waals surface area contributed by atoms with Crippen LogP contribution < -0.4 is 4.72 Å². The summed E-state index contributed by atoms with van der Waals surface area (Å²) in [7, 11) is -3.53. The summed E-state index contributed by atoms with van der Waals surface area (Å²) in [4.78, 5) is 14.6. The highest BCUT2D eigenvalue weighted by molar-refractivity contribution is 7.89. The molecule has 0 aromatic heterocycles. The summed E-state index contributed by atoms with van der Waals surface area (Å²) < 4.78 is 33.1. The average Bonchev–Trinajstić information content (AvgIpc) is 3.34. The number of sulfonamides is 1. The monoisotopic (exact) mass is 378 g/mol. The van der Waals surface area contributed by atoms with Gasteiger partial charge in [0.2, 0.25) is 15.9 Å². The molecule has 1 amide bonds. The van der Waals surface area contributed by atoms with Gasteiger partial charge < -0.3 is 9.64 Å². The first-order valence-corrected chi connectivity index (χ1v) is 11.0. The molecule has 2 fully saturated rings. The Morgan fingerprint density at radius 1 is 1.23 bits per heavy atom. The van der Waals surface area contributed by atoms with Gasteiger partial charge in [-0.15, -0.1) is 0 Å². The molecule has 26 heavy (non-hydrogen) atoms. The van der Waals surface area contributed by atoms with Crippen LogP contribution in [-0.2, 0) is 32.5 Å². The number of hydrogen-bond acceptors (Lipinski definition) is 4. The van der Waals surface area contributed by atoms with E-state index in [2.05, 4.69) is 4.72 Å². The van der Waals surface area contributed by atoms with Crippen LogP contribution >= 0.6 is 0 Å². The van der Waals surface area contributed by atoms with Crippen LogP contribution in [0.25, 0.3) is 0 Å². The molecule has 0 radical (unpaired) electrons. The van der Waals surface area contributed by atoms with Crippen molar-refractivity contribution in [1.29, 1.82) is 0 Å². The summed E-state index contributed by atoms with van der Waals surface area (Å²) >= 11 is 0. The van der Waals surface area contributed by atoms with Gasteiger partial charge >= 0.3 is 0 Å². The molecule has 0 bridgehead atoms. The highest BCUT2D eigenvalue weighted by Crippen LogP contribution is 2.34. The SMILES string of the molecule is O=C(CCC1CC1)N1CCc2cc(S(=O)(=O)N[C@H]3CCOC3)ccc2C1. The van der Waals surface area contributed by atoms with Gasteiger partial charge in [-0.25, -0.2) is 13.1 Å². The smallest absolute Gasteiger partial charge is 0.240 e. The Bertz CT molecular complexity index is 783.